The maximum atomic E-state index is 12.3. The quantitative estimate of drug-likeness (QED) is 0.802. The fourth-order valence-electron chi connectivity index (χ4n) is 4.39. The van der Waals surface area contributed by atoms with Gasteiger partial charge in [-0.1, -0.05) is 6.42 Å². The molecule has 3 rings (SSSR count). The molecule has 1 aliphatic heterocycles. The van der Waals surface area contributed by atoms with Crippen LogP contribution in [0.25, 0.3) is 0 Å². The van der Waals surface area contributed by atoms with Gasteiger partial charge in [-0.25, -0.2) is 0 Å². The minimum atomic E-state index is -0.879. The van der Waals surface area contributed by atoms with Crippen LogP contribution < -0.4 is 5.32 Å². The van der Waals surface area contributed by atoms with Gasteiger partial charge in [-0.15, -0.1) is 0 Å². The first-order valence-corrected chi connectivity index (χ1v) is 7.67. The summed E-state index contributed by atoms with van der Waals surface area (Å²) >= 11 is 0. The zero-order chi connectivity index (χ0) is 14.2. The SMILES string of the molecule is O=C(O)CC1(NC(=O)CC2CC3CCC2C3)CCOC1. The lowest BCUT2D eigenvalue weighted by Gasteiger charge is -2.29. The van der Waals surface area contributed by atoms with Crippen molar-refractivity contribution in [3.63, 3.8) is 0 Å². The lowest BCUT2D eigenvalue weighted by molar-refractivity contribution is -0.139. The van der Waals surface area contributed by atoms with Gasteiger partial charge in [-0.2, -0.15) is 0 Å². The van der Waals surface area contributed by atoms with Crippen molar-refractivity contribution in [3.05, 3.63) is 0 Å². The summed E-state index contributed by atoms with van der Waals surface area (Å²) in [5.41, 5.74) is -0.680. The van der Waals surface area contributed by atoms with Crippen LogP contribution in [-0.2, 0) is 14.3 Å². The van der Waals surface area contributed by atoms with Crippen LogP contribution in [0.15, 0.2) is 0 Å². The highest BCUT2D eigenvalue weighted by molar-refractivity contribution is 5.78. The predicted octanol–water partition coefficient (Wildman–Crippen LogP) is 1.56. The van der Waals surface area contributed by atoms with E-state index in [9.17, 15) is 9.59 Å². The average molecular weight is 281 g/mol. The van der Waals surface area contributed by atoms with Crippen LogP contribution >= 0.6 is 0 Å². The van der Waals surface area contributed by atoms with Crippen molar-refractivity contribution in [2.75, 3.05) is 13.2 Å². The summed E-state index contributed by atoms with van der Waals surface area (Å²) in [6.07, 6.45) is 6.19. The number of amides is 1. The molecule has 0 aromatic carbocycles. The summed E-state index contributed by atoms with van der Waals surface area (Å²) in [6, 6.07) is 0. The van der Waals surface area contributed by atoms with Gasteiger partial charge in [0.2, 0.25) is 5.91 Å². The van der Waals surface area contributed by atoms with Crippen LogP contribution in [0.3, 0.4) is 0 Å². The third-order valence-electron chi connectivity index (χ3n) is 5.33. The average Bonchev–Trinajstić information content (AvgIpc) is 3.04. The maximum Gasteiger partial charge on any atom is 0.305 e. The Labute approximate surface area is 119 Å². The van der Waals surface area contributed by atoms with Crippen molar-refractivity contribution in [3.8, 4) is 0 Å². The molecule has 1 heterocycles. The molecule has 4 atom stereocenters. The van der Waals surface area contributed by atoms with Crippen LogP contribution in [-0.4, -0.2) is 35.7 Å². The minimum absolute atomic E-state index is 0.00861. The second-order valence-corrected chi connectivity index (χ2v) is 6.84. The van der Waals surface area contributed by atoms with Gasteiger partial charge in [0, 0.05) is 13.0 Å². The second-order valence-electron chi connectivity index (χ2n) is 6.84. The monoisotopic (exact) mass is 281 g/mol. The topological polar surface area (TPSA) is 75.6 Å². The first-order chi connectivity index (χ1) is 9.56. The molecule has 0 aromatic rings. The summed E-state index contributed by atoms with van der Waals surface area (Å²) in [5.74, 6) is 1.20. The molecule has 5 heteroatoms. The molecule has 0 spiro atoms. The highest BCUT2D eigenvalue weighted by Gasteiger charge is 2.42. The molecule has 2 bridgehead atoms. The molecular formula is C15H23NO4. The molecule has 2 aliphatic carbocycles. The Kier molecular flexibility index (Phi) is 3.71. The van der Waals surface area contributed by atoms with Gasteiger partial charge in [-0.3, -0.25) is 9.59 Å². The Morgan fingerprint density at radius 1 is 1.30 bits per heavy atom. The Hall–Kier alpha value is -1.10. The molecular weight excluding hydrogens is 258 g/mol. The Morgan fingerprint density at radius 2 is 2.15 bits per heavy atom. The van der Waals surface area contributed by atoms with Gasteiger partial charge in [-0.05, 0) is 43.4 Å². The van der Waals surface area contributed by atoms with Gasteiger partial charge in [0.1, 0.15) is 0 Å². The van der Waals surface area contributed by atoms with Crippen molar-refractivity contribution in [1.29, 1.82) is 0 Å². The Balaban J connectivity index is 1.55. The van der Waals surface area contributed by atoms with Crippen molar-refractivity contribution in [2.24, 2.45) is 17.8 Å². The summed E-state index contributed by atoms with van der Waals surface area (Å²) in [4.78, 5) is 23.2. The van der Waals surface area contributed by atoms with Crippen molar-refractivity contribution < 1.29 is 19.4 Å². The van der Waals surface area contributed by atoms with E-state index in [1.807, 2.05) is 0 Å². The van der Waals surface area contributed by atoms with Gasteiger partial charge < -0.3 is 15.2 Å². The van der Waals surface area contributed by atoms with Gasteiger partial charge in [0.15, 0.2) is 0 Å². The van der Waals surface area contributed by atoms with Gasteiger partial charge in [0.25, 0.3) is 0 Å². The first kappa shape index (κ1) is 13.9. The van der Waals surface area contributed by atoms with E-state index in [0.29, 0.717) is 32.0 Å². The number of hydrogen-bond donors (Lipinski definition) is 2. The number of nitrogens with one attached hydrogen (secondary N) is 1. The van der Waals surface area contributed by atoms with E-state index in [-0.39, 0.29) is 12.3 Å². The maximum absolute atomic E-state index is 12.3. The van der Waals surface area contributed by atoms with E-state index >= 15 is 0 Å². The fourth-order valence-corrected chi connectivity index (χ4v) is 4.39. The number of rotatable bonds is 5. The van der Waals surface area contributed by atoms with Crippen LogP contribution in [0.2, 0.25) is 0 Å². The number of carbonyl (C=O) groups excluding carboxylic acids is 1. The molecule has 2 N–H and O–H groups in total. The lowest BCUT2D eigenvalue weighted by atomic mass is 9.85. The zero-order valence-corrected chi connectivity index (χ0v) is 11.8. The highest BCUT2D eigenvalue weighted by atomic mass is 16.5. The number of hydrogen-bond acceptors (Lipinski definition) is 3. The lowest BCUT2D eigenvalue weighted by Crippen LogP contribution is -2.51. The van der Waals surface area contributed by atoms with Crippen LogP contribution in [0, 0.1) is 17.8 Å². The molecule has 3 aliphatic rings. The number of carboxylic acid groups (broad SMARTS) is 1. The predicted molar refractivity (Wildman–Crippen MR) is 72.1 cm³/mol. The van der Waals surface area contributed by atoms with Crippen molar-refractivity contribution in [1.82, 2.24) is 5.32 Å². The largest absolute Gasteiger partial charge is 0.481 e. The summed E-state index contributed by atoms with van der Waals surface area (Å²) < 4.78 is 5.30. The molecule has 1 amide bonds. The number of ether oxygens (including phenoxy) is 1. The van der Waals surface area contributed by atoms with E-state index in [1.165, 1.54) is 25.7 Å². The number of aliphatic carboxylic acids is 1. The third-order valence-corrected chi connectivity index (χ3v) is 5.33. The Morgan fingerprint density at radius 3 is 2.70 bits per heavy atom. The summed E-state index contributed by atoms with van der Waals surface area (Å²) in [6.45, 7) is 0.851. The van der Waals surface area contributed by atoms with Crippen molar-refractivity contribution in [2.45, 2.75) is 50.5 Å². The second kappa shape index (κ2) is 5.35. The number of fused-ring (bicyclic) bond motifs is 2. The standard InChI is InChI=1S/C15H23NO4/c17-13(7-12-6-10-1-2-11(12)5-10)16-15(8-14(18)19)3-4-20-9-15/h10-12H,1-9H2,(H,16,17)(H,18,19). The molecule has 4 unspecified atom stereocenters. The van der Waals surface area contributed by atoms with Crippen LogP contribution in [0.4, 0.5) is 0 Å². The normalized spacial score (nSPS) is 39.1. The molecule has 1 saturated heterocycles. The van der Waals surface area contributed by atoms with Gasteiger partial charge >= 0.3 is 5.97 Å². The smallest absolute Gasteiger partial charge is 0.305 e. The van der Waals surface area contributed by atoms with E-state index in [0.717, 1.165) is 11.8 Å². The van der Waals surface area contributed by atoms with E-state index in [4.69, 9.17) is 9.84 Å². The molecule has 112 valence electrons. The molecule has 20 heavy (non-hydrogen) atoms. The first-order valence-electron chi connectivity index (χ1n) is 7.67. The van der Waals surface area contributed by atoms with E-state index < -0.39 is 11.5 Å². The summed E-state index contributed by atoms with van der Waals surface area (Å²) in [7, 11) is 0. The zero-order valence-electron chi connectivity index (χ0n) is 11.8. The molecule has 0 radical (unpaired) electrons. The number of carboxylic acids is 1. The molecule has 2 saturated carbocycles. The summed E-state index contributed by atoms with van der Waals surface area (Å²) in [5, 5.41) is 12.0. The Bertz CT molecular complexity index is 403. The molecule has 0 aromatic heterocycles. The number of carbonyl (C=O) groups is 2. The third kappa shape index (κ3) is 2.82. The molecule has 5 nitrogen and oxygen atoms in total. The van der Waals surface area contributed by atoms with E-state index in [1.54, 1.807) is 0 Å². The van der Waals surface area contributed by atoms with Crippen LogP contribution in [0.1, 0.15) is 44.9 Å². The highest BCUT2D eigenvalue weighted by Crippen LogP contribution is 2.49. The van der Waals surface area contributed by atoms with E-state index in [2.05, 4.69) is 5.32 Å². The van der Waals surface area contributed by atoms with Crippen LogP contribution in [0.5, 0.6) is 0 Å². The van der Waals surface area contributed by atoms with Crippen molar-refractivity contribution >= 4 is 11.9 Å². The minimum Gasteiger partial charge on any atom is -0.481 e. The van der Waals surface area contributed by atoms with Gasteiger partial charge in [0.05, 0.1) is 18.6 Å². The fraction of sp³-hybridized carbons (Fsp3) is 0.867. The molecule has 3 fully saturated rings.